The third-order valence-electron chi connectivity index (χ3n) is 4.19. The molecule has 0 bridgehead atoms. The van der Waals surface area contributed by atoms with E-state index in [1.54, 1.807) is 4.68 Å². The van der Waals surface area contributed by atoms with Gasteiger partial charge in [0.1, 0.15) is 11.2 Å². The number of aromatic amines is 2. The minimum absolute atomic E-state index is 0.826. The van der Waals surface area contributed by atoms with Gasteiger partial charge in [0.05, 0.1) is 23.1 Å². The van der Waals surface area contributed by atoms with Crippen LogP contribution in [0.15, 0.2) is 54.9 Å². The van der Waals surface area contributed by atoms with Crippen LogP contribution in [0.3, 0.4) is 0 Å². The third-order valence-corrected chi connectivity index (χ3v) is 4.19. The Bertz CT molecular complexity index is 1140. The number of aromatic nitrogens is 6. The number of hydrogen-bond donors (Lipinski definition) is 2. The molecule has 0 aliphatic carbocycles. The van der Waals surface area contributed by atoms with Crippen LogP contribution >= 0.6 is 0 Å². The molecule has 5 rings (SSSR count). The first-order valence-corrected chi connectivity index (χ1v) is 7.70. The molecule has 0 amide bonds. The molecule has 0 unspecified atom stereocenters. The van der Waals surface area contributed by atoms with Crippen molar-refractivity contribution in [2.45, 2.75) is 0 Å². The number of H-pyrrole nitrogens is 2. The van der Waals surface area contributed by atoms with Crippen molar-refractivity contribution in [2.75, 3.05) is 0 Å². The Morgan fingerprint density at radius 2 is 1.96 bits per heavy atom. The predicted molar refractivity (Wildman–Crippen MR) is 93.4 cm³/mol. The van der Waals surface area contributed by atoms with E-state index in [1.807, 2.05) is 43.7 Å². The van der Waals surface area contributed by atoms with Crippen molar-refractivity contribution in [2.24, 2.45) is 7.05 Å². The molecule has 4 aromatic heterocycles. The maximum absolute atomic E-state index is 4.80. The number of nitrogens with one attached hydrogen (secondary N) is 2. The van der Waals surface area contributed by atoms with E-state index in [0.29, 0.717) is 0 Å². The molecule has 5 aromatic rings. The second-order valence-corrected chi connectivity index (χ2v) is 5.84. The van der Waals surface area contributed by atoms with Gasteiger partial charge in [-0.3, -0.25) is 9.78 Å². The number of aryl methyl sites for hydroxylation is 1. The van der Waals surface area contributed by atoms with Gasteiger partial charge < -0.3 is 4.98 Å². The van der Waals surface area contributed by atoms with Crippen LogP contribution in [0.5, 0.6) is 0 Å². The quantitative estimate of drug-likeness (QED) is 0.523. The zero-order valence-electron chi connectivity index (χ0n) is 13.0. The van der Waals surface area contributed by atoms with Gasteiger partial charge in [-0.25, -0.2) is 4.98 Å². The summed E-state index contributed by atoms with van der Waals surface area (Å²) in [5, 5.41) is 12.9. The molecule has 0 aliphatic heterocycles. The van der Waals surface area contributed by atoms with Crippen molar-refractivity contribution < 1.29 is 0 Å². The lowest BCUT2D eigenvalue weighted by Crippen LogP contribution is -1.86. The number of rotatable bonds is 2. The van der Waals surface area contributed by atoms with Gasteiger partial charge >= 0.3 is 0 Å². The van der Waals surface area contributed by atoms with Crippen molar-refractivity contribution >= 4 is 21.9 Å². The number of para-hydroxylation sites is 1. The molecule has 4 heterocycles. The Kier molecular flexibility index (Phi) is 2.61. The Balaban J connectivity index is 1.70. The molecule has 0 atom stereocenters. The average molecular weight is 314 g/mol. The summed E-state index contributed by atoms with van der Waals surface area (Å²) in [4.78, 5) is 8.21. The zero-order valence-corrected chi connectivity index (χ0v) is 13.0. The van der Waals surface area contributed by atoms with Crippen LogP contribution < -0.4 is 0 Å². The van der Waals surface area contributed by atoms with Crippen LogP contribution in [0.4, 0.5) is 0 Å². The van der Waals surface area contributed by atoms with Crippen molar-refractivity contribution in [3.8, 4) is 22.6 Å². The first-order chi connectivity index (χ1) is 11.8. The summed E-state index contributed by atoms with van der Waals surface area (Å²) < 4.78 is 1.77. The monoisotopic (exact) mass is 314 g/mol. The lowest BCUT2D eigenvalue weighted by molar-refractivity contribution is 0.768. The van der Waals surface area contributed by atoms with Crippen LogP contribution in [0.25, 0.3) is 44.6 Å². The molecule has 6 nitrogen and oxygen atoms in total. The molecule has 0 fully saturated rings. The molecule has 0 radical (unpaired) electrons. The largest absolute Gasteiger partial charge is 0.353 e. The predicted octanol–water partition coefficient (Wildman–Crippen LogP) is 3.51. The molecule has 116 valence electrons. The highest BCUT2D eigenvalue weighted by atomic mass is 15.2. The van der Waals surface area contributed by atoms with E-state index in [2.05, 4.69) is 38.5 Å². The molecule has 2 N–H and O–H groups in total. The Morgan fingerprint density at radius 1 is 1.04 bits per heavy atom. The number of pyridine rings is 1. The van der Waals surface area contributed by atoms with Gasteiger partial charge in [0.2, 0.25) is 0 Å². The number of nitrogens with zero attached hydrogens (tertiary/aromatic N) is 4. The van der Waals surface area contributed by atoms with E-state index < -0.39 is 0 Å². The van der Waals surface area contributed by atoms with E-state index in [1.165, 1.54) is 0 Å². The second kappa shape index (κ2) is 4.79. The minimum Gasteiger partial charge on any atom is -0.353 e. The standard InChI is InChI=1S/C18H14N6/c1-24-10-12(9-19-24)14-6-7-15-17(21-14)18(23-22-15)16-8-11-4-2-3-5-13(11)20-16/h2-10,20H,1H3,(H,22,23). The lowest BCUT2D eigenvalue weighted by Gasteiger charge is -1.98. The molecule has 0 spiro atoms. The molecule has 0 aliphatic rings. The van der Waals surface area contributed by atoms with Crippen LogP contribution in [0.2, 0.25) is 0 Å². The molecule has 24 heavy (non-hydrogen) atoms. The van der Waals surface area contributed by atoms with Gasteiger partial charge in [-0.2, -0.15) is 10.2 Å². The Hall–Kier alpha value is -3.41. The van der Waals surface area contributed by atoms with Crippen LogP contribution in [0, 0.1) is 0 Å². The van der Waals surface area contributed by atoms with Crippen molar-refractivity contribution in [3.05, 3.63) is 54.9 Å². The summed E-state index contributed by atoms with van der Waals surface area (Å²) in [5.41, 5.74) is 6.51. The van der Waals surface area contributed by atoms with E-state index in [4.69, 9.17) is 4.98 Å². The topological polar surface area (TPSA) is 75.2 Å². The highest BCUT2D eigenvalue weighted by Gasteiger charge is 2.13. The van der Waals surface area contributed by atoms with Gasteiger partial charge in [0, 0.05) is 29.7 Å². The summed E-state index contributed by atoms with van der Waals surface area (Å²) >= 11 is 0. The van der Waals surface area contributed by atoms with Gasteiger partial charge in [-0.15, -0.1) is 0 Å². The summed E-state index contributed by atoms with van der Waals surface area (Å²) in [7, 11) is 1.90. The summed E-state index contributed by atoms with van der Waals surface area (Å²) in [6.45, 7) is 0. The highest BCUT2D eigenvalue weighted by molar-refractivity contribution is 5.94. The first kappa shape index (κ1) is 13.1. The first-order valence-electron chi connectivity index (χ1n) is 7.70. The molecule has 6 heteroatoms. The van der Waals surface area contributed by atoms with Crippen molar-refractivity contribution in [1.82, 2.24) is 29.9 Å². The number of hydrogen-bond acceptors (Lipinski definition) is 3. The van der Waals surface area contributed by atoms with Gasteiger partial charge in [-0.1, -0.05) is 18.2 Å². The zero-order chi connectivity index (χ0) is 16.1. The smallest absolute Gasteiger partial charge is 0.135 e. The fraction of sp³-hybridized carbons (Fsp3) is 0.0556. The normalized spacial score (nSPS) is 11.5. The van der Waals surface area contributed by atoms with Crippen molar-refractivity contribution in [1.29, 1.82) is 0 Å². The van der Waals surface area contributed by atoms with E-state index in [9.17, 15) is 0 Å². The second-order valence-electron chi connectivity index (χ2n) is 5.84. The van der Waals surface area contributed by atoms with E-state index in [0.717, 1.165) is 44.6 Å². The molecule has 0 saturated carbocycles. The van der Waals surface area contributed by atoms with E-state index in [-0.39, 0.29) is 0 Å². The molecule has 0 saturated heterocycles. The maximum atomic E-state index is 4.80. The Morgan fingerprint density at radius 3 is 2.79 bits per heavy atom. The van der Waals surface area contributed by atoms with Gasteiger partial charge in [0.15, 0.2) is 0 Å². The van der Waals surface area contributed by atoms with Crippen LogP contribution in [-0.4, -0.2) is 29.9 Å². The summed E-state index contributed by atoms with van der Waals surface area (Å²) in [5.74, 6) is 0. The molecule has 1 aromatic carbocycles. The molecular weight excluding hydrogens is 300 g/mol. The van der Waals surface area contributed by atoms with Crippen LogP contribution in [-0.2, 0) is 7.05 Å². The fourth-order valence-corrected chi connectivity index (χ4v) is 3.00. The SMILES string of the molecule is Cn1cc(-c2ccc3[nH]nc(-c4cc5ccccc5[nH]4)c3n2)cn1. The number of fused-ring (bicyclic) bond motifs is 2. The third kappa shape index (κ3) is 1.93. The van der Waals surface area contributed by atoms with Gasteiger partial charge in [0.25, 0.3) is 0 Å². The highest BCUT2D eigenvalue weighted by Crippen LogP contribution is 2.29. The fourth-order valence-electron chi connectivity index (χ4n) is 3.00. The average Bonchev–Trinajstić information content (AvgIpc) is 3.30. The van der Waals surface area contributed by atoms with Crippen molar-refractivity contribution in [3.63, 3.8) is 0 Å². The van der Waals surface area contributed by atoms with E-state index >= 15 is 0 Å². The van der Waals surface area contributed by atoms with Crippen LogP contribution in [0.1, 0.15) is 0 Å². The molecular formula is C18H14N6. The summed E-state index contributed by atoms with van der Waals surface area (Å²) in [6, 6.07) is 14.3. The summed E-state index contributed by atoms with van der Waals surface area (Å²) in [6.07, 6.45) is 3.77. The maximum Gasteiger partial charge on any atom is 0.135 e. The number of benzene rings is 1. The Labute approximate surface area is 137 Å². The lowest BCUT2D eigenvalue weighted by atomic mass is 10.2. The van der Waals surface area contributed by atoms with Gasteiger partial charge in [-0.05, 0) is 24.3 Å². The minimum atomic E-state index is 0.826.